The largest absolute Gasteiger partial charge is 0.478 e. The van der Waals surface area contributed by atoms with Crippen molar-refractivity contribution in [3.63, 3.8) is 0 Å². The van der Waals surface area contributed by atoms with Crippen LogP contribution in [0.15, 0.2) is 29.2 Å². The SMILES string of the molecule is O=C(O)c1ccccc1SC(CS)CS. The summed E-state index contributed by atoms with van der Waals surface area (Å²) in [6.45, 7) is 0. The Balaban J connectivity index is 2.88. The van der Waals surface area contributed by atoms with Crippen molar-refractivity contribution in [1.29, 1.82) is 0 Å². The summed E-state index contributed by atoms with van der Waals surface area (Å²) >= 11 is 9.90. The number of thiol groups is 2. The third kappa shape index (κ3) is 3.66. The van der Waals surface area contributed by atoms with E-state index in [9.17, 15) is 4.79 Å². The molecule has 0 saturated carbocycles. The van der Waals surface area contributed by atoms with Gasteiger partial charge in [0.05, 0.1) is 5.56 Å². The lowest BCUT2D eigenvalue weighted by atomic mass is 10.2. The summed E-state index contributed by atoms with van der Waals surface area (Å²) < 4.78 is 0. The molecule has 1 aromatic rings. The summed E-state index contributed by atoms with van der Waals surface area (Å²) in [6, 6.07) is 6.99. The maximum absolute atomic E-state index is 10.9. The fourth-order valence-corrected chi connectivity index (χ4v) is 2.91. The van der Waals surface area contributed by atoms with Crippen LogP contribution in [0.2, 0.25) is 0 Å². The van der Waals surface area contributed by atoms with Gasteiger partial charge in [-0.3, -0.25) is 0 Å². The number of benzene rings is 1. The Hall–Kier alpha value is -0.260. The first kappa shape index (κ1) is 12.8. The molecule has 0 aromatic heterocycles. The van der Waals surface area contributed by atoms with E-state index in [-0.39, 0.29) is 5.25 Å². The lowest BCUT2D eigenvalue weighted by Gasteiger charge is -2.12. The van der Waals surface area contributed by atoms with E-state index >= 15 is 0 Å². The second kappa shape index (κ2) is 6.35. The second-order valence-corrected chi connectivity index (χ2v) is 4.98. The highest BCUT2D eigenvalue weighted by atomic mass is 32.2. The van der Waals surface area contributed by atoms with Gasteiger partial charge in [-0.05, 0) is 12.1 Å². The Morgan fingerprint density at radius 2 is 1.93 bits per heavy atom. The van der Waals surface area contributed by atoms with Crippen LogP contribution in [0.25, 0.3) is 0 Å². The minimum absolute atomic E-state index is 0.233. The second-order valence-electron chi connectivity index (χ2n) is 2.91. The molecule has 0 radical (unpaired) electrons. The number of aromatic carboxylic acids is 1. The van der Waals surface area contributed by atoms with Crippen LogP contribution in [0.4, 0.5) is 0 Å². The Bertz CT molecular complexity index is 337. The molecule has 0 fully saturated rings. The molecule has 2 nitrogen and oxygen atoms in total. The van der Waals surface area contributed by atoms with Crippen LogP contribution in [0.5, 0.6) is 0 Å². The standard InChI is InChI=1S/C10H12O2S3/c11-10(12)8-3-1-2-4-9(8)15-7(5-13)6-14/h1-4,7,13-14H,5-6H2,(H,11,12). The minimum Gasteiger partial charge on any atom is -0.478 e. The van der Waals surface area contributed by atoms with Crippen LogP contribution in [-0.4, -0.2) is 27.8 Å². The number of thioether (sulfide) groups is 1. The number of carbonyl (C=O) groups is 1. The van der Waals surface area contributed by atoms with Gasteiger partial charge in [-0.15, -0.1) is 11.8 Å². The van der Waals surface area contributed by atoms with Crippen LogP contribution in [0.1, 0.15) is 10.4 Å². The Morgan fingerprint density at radius 1 is 1.33 bits per heavy atom. The molecule has 5 heteroatoms. The van der Waals surface area contributed by atoms with Crippen LogP contribution >= 0.6 is 37.0 Å². The fourth-order valence-electron chi connectivity index (χ4n) is 1.06. The highest BCUT2D eigenvalue weighted by Crippen LogP contribution is 2.28. The molecule has 0 amide bonds. The molecule has 15 heavy (non-hydrogen) atoms. The van der Waals surface area contributed by atoms with E-state index in [2.05, 4.69) is 25.3 Å². The predicted octanol–water partition coefficient (Wildman–Crippen LogP) is 2.71. The predicted molar refractivity (Wildman–Crippen MR) is 70.8 cm³/mol. The molecule has 1 N–H and O–H groups in total. The smallest absolute Gasteiger partial charge is 0.336 e. The van der Waals surface area contributed by atoms with Gasteiger partial charge in [0, 0.05) is 21.7 Å². The quantitative estimate of drug-likeness (QED) is 0.563. The molecule has 0 atom stereocenters. The molecule has 1 aromatic carbocycles. The van der Waals surface area contributed by atoms with Gasteiger partial charge in [0.25, 0.3) is 0 Å². The highest BCUT2D eigenvalue weighted by molar-refractivity contribution is 8.01. The summed E-state index contributed by atoms with van der Waals surface area (Å²) in [5, 5.41) is 9.21. The van der Waals surface area contributed by atoms with Gasteiger partial charge in [-0.25, -0.2) is 4.79 Å². The molecular weight excluding hydrogens is 248 g/mol. The topological polar surface area (TPSA) is 37.3 Å². The van der Waals surface area contributed by atoms with Crippen molar-refractivity contribution in [2.45, 2.75) is 10.1 Å². The Kier molecular flexibility index (Phi) is 5.42. The molecule has 0 aliphatic heterocycles. The Morgan fingerprint density at radius 3 is 2.47 bits per heavy atom. The summed E-state index contributed by atoms with van der Waals surface area (Å²) in [6.07, 6.45) is 0. The first-order valence-corrected chi connectivity index (χ1v) is 6.54. The molecule has 0 aliphatic carbocycles. The van der Waals surface area contributed by atoms with Crippen molar-refractivity contribution >= 4 is 43.0 Å². The average molecular weight is 260 g/mol. The zero-order valence-corrected chi connectivity index (χ0v) is 10.6. The Labute approximate surface area is 104 Å². The zero-order valence-electron chi connectivity index (χ0n) is 7.96. The maximum Gasteiger partial charge on any atom is 0.336 e. The summed E-state index contributed by atoms with van der Waals surface area (Å²) in [4.78, 5) is 11.7. The first-order valence-electron chi connectivity index (χ1n) is 4.39. The normalized spacial score (nSPS) is 10.6. The number of rotatable bonds is 5. The van der Waals surface area contributed by atoms with Crippen LogP contribution in [-0.2, 0) is 0 Å². The van der Waals surface area contributed by atoms with Gasteiger partial charge >= 0.3 is 5.97 Å². The monoisotopic (exact) mass is 260 g/mol. The van der Waals surface area contributed by atoms with Crippen molar-refractivity contribution in [2.24, 2.45) is 0 Å². The van der Waals surface area contributed by atoms with Crippen LogP contribution in [0.3, 0.4) is 0 Å². The van der Waals surface area contributed by atoms with Crippen LogP contribution in [0, 0.1) is 0 Å². The third-order valence-corrected chi connectivity index (χ3v) is 4.47. The van der Waals surface area contributed by atoms with Crippen molar-refractivity contribution in [3.05, 3.63) is 29.8 Å². The number of carboxylic acid groups (broad SMARTS) is 1. The number of hydrogen-bond acceptors (Lipinski definition) is 4. The molecule has 0 aliphatic rings. The van der Waals surface area contributed by atoms with Gasteiger partial charge in [0.1, 0.15) is 0 Å². The average Bonchev–Trinajstić information content (AvgIpc) is 2.26. The first-order chi connectivity index (χ1) is 7.19. The molecular formula is C10H12O2S3. The third-order valence-electron chi connectivity index (χ3n) is 1.82. The van der Waals surface area contributed by atoms with Gasteiger partial charge in [-0.2, -0.15) is 25.3 Å². The van der Waals surface area contributed by atoms with E-state index in [1.807, 2.05) is 12.1 Å². The molecule has 0 bridgehead atoms. The van der Waals surface area contributed by atoms with E-state index in [1.165, 1.54) is 11.8 Å². The molecule has 0 unspecified atom stereocenters. The summed E-state index contributed by atoms with van der Waals surface area (Å²) in [5.74, 6) is 0.472. The van der Waals surface area contributed by atoms with E-state index in [1.54, 1.807) is 12.1 Å². The van der Waals surface area contributed by atoms with E-state index in [4.69, 9.17) is 5.11 Å². The lowest BCUT2D eigenvalue weighted by molar-refractivity contribution is 0.0693. The number of carboxylic acids is 1. The summed E-state index contributed by atoms with van der Waals surface area (Å²) in [7, 11) is 0. The van der Waals surface area contributed by atoms with Crippen molar-refractivity contribution in [2.75, 3.05) is 11.5 Å². The molecule has 1 rings (SSSR count). The maximum atomic E-state index is 10.9. The zero-order chi connectivity index (χ0) is 11.3. The molecule has 82 valence electrons. The lowest BCUT2D eigenvalue weighted by Crippen LogP contribution is -2.08. The van der Waals surface area contributed by atoms with Crippen molar-refractivity contribution in [1.82, 2.24) is 0 Å². The number of hydrogen-bond donors (Lipinski definition) is 3. The highest BCUT2D eigenvalue weighted by Gasteiger charge is 2.13. The summed E-state index contributed by atoms with van der Waals surface area (Å²) in [5.41, 5.74) is 0.344. The van der Waals surface area contributed by atoms with E-state index in [0.717, 1.165) is 4.90 Å². The van der Waals surface area contributed by atoms with Gasteiger partial charge in [-0.1, -0.05) is 12.1 Å². The molecule has 0 saturated heterocycles. The van der Waals surface area contributed by atoms with Crippen molar-refractivity contribution in [3.8, 4) is 0 Å². The van der Waals surface area contributed by atoms with Gasteiger partial charge in [0.2, 0.25) is 0 Å². The molecule has 0 spiro atoms. The van der Waals surface area contributed by atoms with Gasteiger partial charge in [0.15, 0.2) is 0 Å². The van der Waals surface area contributed by atoms with Gasteiger partial charge < -0.3 is 5.11 Å². The molecule has 0 heterocycles. The minimum atomic E-state index is -0.893. The van der Waals surface area contributed by atoms with Crippen molar-refractivity contribution < 1.29 is 9.90 Å². The fraction of sp³-hybridized carbons (Fsp3) is 0.300. The van der Waals surface area contributed by atoms with Crippen LogP contribution < -0.4 is 0 Å². The van der Waals surface area contributed by atoms with E-state index < -0.39 is 5.97 Å². The van der Waals surface area contributed by atoms with E-state index in [0.29, 0.717) is 17.1 Å².